The van der Waals surface area contributed by atoms with Gasteiger partial charge in [-0.1, -0.05) is 0 Å². The molecule has 0 N–H and O–H groups in total. The van der Waals surface area contributed by atoms with Gasteiger partial charge >= 0.3 is 12.1 Å². The van der Waals surface area contributed by atoms with Gasteiger partial charge < -0.3 is 14.2 Å². The van der Waals surface area contributed by atoms with E-state index in [4.69, 9.17) is 9.47 Å². The first kappa shape index (κ1) is 19.6. The molecule has 2 aromatic carbocycles. The van der Waals surface area contributed by atoms with Gasteiger partial charge in [-0.3, -0.25) is 4.79 Å². The van der Waals surface area contributed by atoms with Crippen molar-refractivity contribution in [1.29, 1.82) is 0 Å². The smallest absolute Gasteiger partial charge is 0.416 e. The van der Waals surface area contributed by atoms with E-state index in [1.54, 1.807) is 38.1 Å². The van der Waals surface area contributed by atoms with Gasteiger partial charge in [-0.2, -0.15) is 13.2 Å². The molecule has 2 unspecified atom stereocenters. The van der Waals surface area contributed by atoms with Gasteiger partial charge in [0.15, 0.2) is 0 Å². The van der Waals surface area contributed by atoms with Crippen molar-refractivity contribution in [2.24, 2.45) is 5.92 Å². The Hall–Kier alpha value is -2.70. The topological polar surface area (TPSA) is 44.8 Å². The number of esters is 1. The third-order valence-electron chi connectivity index (χ3n) is 3.84. The molecular formula is C19H19F3O4. The molecule has 140 valence electrons. The Balaban J connectivity index is 1.98. The van der Waals surface area contributed by atoms with Crippen molar-refractivity contribution in [3.63, 3.8) is 0 Å². The fraction of sp³-hybridized carbons (Fsp3) is 0.316. The Bertz CT molecular complexity index is 724. The van der Waals surface area contributed by atoms with Crippen molar-refractivity contribution in [3.05, 3.63) is 54.1 Å². The van der Waals surface area contributed by atoms with Gasteiger partial charge in [-0.15, -0.1) is 0 Å². The van der Waals surface area contributed by atoms with E-state index >= 15 is 0 Å². The van der Waals surface area contributed by atoms with Crippen LogP contribution in [-0.2, 0) is 15.7 Å². The number of carbonyl (C=O) groups excluding carboxylic acids is 1. The Morgan fingerprint density at radius 1 is 0.885 bits per heavy atom. The highest BCUT2D eigenvalue weighted by Crippen LogP contribution is 2.31. The highest BCUT2D eigenvalue weighted by molar-refractivity contribution is 5.72. The minimum atomic E-state index is -4.38. The summed E-state index contributed by atoms with van der Waals surface area (Å²) in [7, 11) is 1.32. The average molecular weight is 368 g/mol. The minimum absolute atomic E-state index is 0.291. The van der Waals surface area contributed by atoms with E-state index in [0.717, 1.165) is 12.1 Å². The predicted molar refractivity (Wildman–Crippen MR) is 89.2 cm³/mol. The number of hydrogen-bond donors (Lipinski definition) is 0. The van der Waals surface area contributed by atoms with Gasteiger partial charge in [0.05, 0.1) is 18.6 Å². The molecule has 0 fully saturated rings. The van der Waals surface area contributed by atoms with Gasteiger partial charge in [0.25, 0.3) is 0 Å². The highest BCUT2D eigenvalue weighted by atomic mass is 19.4. The van der Waals surface area contributed by atoms with Crippen LogP contribution in [0.25, 0.3) is 0 Å². The molecule has 0 spiro atoms. The summed E-state index contributed by atoms with van der Waals surface area (Å²) < 4.78 is 53.5. The summed E-state index contributed by atoms with van der Waals surface area (Å²) in [4.78, 5) is 11.5. The van der Waals surface area contributed by atoms with E-state index < -0.39 is 17.7 Å². The number of alkyl halides is 3. The zero-order chi connectivity index (χ0) is 19.3. The molecule has 0 aliphatic carbocycles. The van der Waals surface area contributed by atoms with Crippen LogP contribution in [0.2, 0.25) is 0 Å². The maximum Gasteiger partial charge on any atom is 0.416 e. The zero-order valence-corrected chi connectivity index (χ0v) is 14.5. The molecule has 0 heterocycles. The zero-order valence-electron chi connectivity index (χ0n) is 14.5. The number of halogens is 3. The summed E-state index contributed by atoms with van der Waals surface area (Å²) in [6.07, 6.45) is -4.76. The molecule has 0 saturated carbocycles. The lowest BCUT2D eigenvalue weighted by Crippen LogP contribution is -2.29. The lowest BCUT2D eigenvalue weighted by atomic mass is 10.1. The summed E-state index contributed by atoms with van der Waals surface area (Å²) >= 11 is 0. The molecular weight excluding hydrogens is 349 g/mol. The van der Waals surface area contributed by atoms with Crippen LogP contribution in [-0.4, -0.2) is 19.2 Å². The van der Waals surface area contributed by atoms with Crippen molar-refractivity contribution < 1.29 is 32.2 Å². The van der Waals surface area contributed by atoms with Crippen molar-refractivity contribution >= 4 is 5.97 Å². The van der Waals surface area contributed by atoms with Crippen molar-refractivity contribution in [1.82, 2.24) is 0 Å². The van der Waals surface area contributed by atoms with Crippen LogP contribution in [0.4, 0.5) is 13.2 Å². The van der Waals surface area contributed by atoms with Gasteiger partial charge in [0.2, 0.25) is 0 Å². The second kappa shape index (κ2) is 8.12. The van der Waals surface area contributed by atoms with E-state index in [2.05, 4.69) is 4.74 Å². The van der Waals surface area contributed by atoms with Gasteiger partial charge in [0, 0.05) is 0 Å². The fourth-order valence-corrected chi connectivity index (χ4v) is 2.13. The average Bonchev–Trinajstić information content (AvgIpc) is 2.61. The summed E-state index contributed by atoms with van der Waals surface area (Å²) in [5, 5.41) is 0. The van der Waals surface area contributed by atoms with Gasteiger partial charge in [0.1, 0.15) is 23.4 Å². The Morgan fingerprint density at radius 3 is 1.81 bits per heavy atom. The lowest BCUT2D eigenvalue weighted by molar-refractivity contribution is -0.147. The largest absolute Gasteiger partial charge is 0.490 e. The molecule has 0 amide bonds. The van der Waals surface area contributed by atoms with E-state index in [1.807, 2.05) is 0 Å². The van der Waals surface area contributed by atoms with E-state index in [0.29, 0.717) is 17.2 Å². The van der Waals surface area contributed by atoms with Crippen LogP contribution >= 0.6 is 0 Å². The quantitative estimate of drug-likeness (QED) is 0.668. The van der Waals surface area contributed by atoms with E-state index in [-0.39, 0.29) is 12.1 Å². The fourth-order valence-electron chi connectivity index (χ4n) is 2.13. The van der Waals surface area contributed by atoms with Crippen molar-refractivity contribution in [2.45, 2.75) is 26.1 Å². The number of rotatable bonds is 6. The van der Waals surface area contributed by atoms with Crippen LogP contribution in [0.3, 0.4) is 0 Å². The molecule has 26 heavy (non-hydrogen) atoms. The Kier molecular flexibility index (Phi) is 6.13. The minimum Gasteiger partial charge on any atom is -0.490 e. The van der Waals surface area contributed by atoms with Crippen molar-refractivity contribution in [2.75, 3.05) is 7.11 Å². The monoisotopic (exact) mass is 368 g/mol. The summed E-state index contributed by atoms with van der Waals surface area (Å²) in [6.45, 7) is 3.47. The van der Waals surface area contributed by atoms with Gasteiger partial charge in [-0.25, -0.2) is 0 Å². The second-order valence-electron chi connectivity index (χ2n) is 5.73. The molecule has 0 aromatic heterocycles. The summed E-state index contributed by atoms with van der Waals surface area (Å²) in [5.74, 6) is 0.487. The van der Waals surface area contributed by atoms with Crippen LogP contribution in [0.1, 0.15) is 19.4 Å². The summed E-state index contributed by atoms with van der Waals surface area (Å²) in [6, 6.07) is 11.0. The molecule has 0 saturated heterocycles. The molecule has 0 aliphatic heterocycles. The molecule has 2 atom stereocenters. The number of hydrogen-bond acceptors (Lipinski definition) is 4. The predicted octanol–water partition coefficient (Wildman–Crippen LogP) is 5.07. The molecule has 7 heteroatoms. The Morgan fingerprint density at radius 2 is 1.35 bits per heavy atom. The van der Waals surface area contributed by atoms with Crippen LogP contribution < -0.4 is 9.47 Å². The molecule has 2 aromatic rings. The van der Waals surface area contributed by atoms with Gasteiger partial charge in [-0.05, 0) is 62.4 Å². The standard InChI is InChI=1S/C19H19F3O4/c1-12(18(23)24-3)13(2)25-15-8-10-17(11-9-15)26-16-6-4-14(5-7-16)19(20,21)22/h4-13H,1-3H3. The molecule has 0 bridgehead atoms. The number of methoxy groups -OCH3 is 1. The first-order chi connectivity index (χ1) is 12.2. The Labute approximate surface area is 149 Å². The second-order valence-corrected chi connectivity index (χ2v) is 5.73. The first-order valence-electron chi connectivity index (χ1n) is 7.90. The maximum absolute atomic E-state index is 12.5. The maximum atomic E-state index is 12.5. The number of carbonyl (C=O) groups is 1. The normalized spacial score (nSPS) is 13.6. The molecule has 0 radical (unpaired) electrons. The van der Waals surface area contributed by atoms with Crippen molar-refractivity contribution in [3.8, 4) is 17.2 Å². The van der Waals surface area contributed by atoms with E-state index in [1.165, 1.54) is 19.2 Å². The first-order valence-corrected chi connectivity index (χ1v) is 7.90. The third-order valence-corrected chi connectivity index (χ3v) is 3.84. The molecule has 4 nitrogen and oxygen atoms in total. The van der Waals surface area contributed by atoms with E-state index in [9.17, 15) is 18.0 Å². The van der Waals surface area contributed by atoms with Crippen LogP contribution in [0, 0.1) is 5.92 Å². The highest BCUT2D eigenvalue weighted by Gasteiger charge is 2.30. The van der Waals surface area contributed by atoms with Crippen LogP contribution in [0.15, 0.2) is 48.5 Å². The molecule has 2 rings (SSSR count). The van der Waals surface area contributed by atoms with Crippen LogP contribution in [0.5, 0.6) is 17.2 Å². The SMILES string of the molecule is COC(=O)C(C)C(C)Oc1ccc(Oc2ccc(C(F)(F)F)cc2)cc1. The lowest BCUT2D eigenvalue weighted by Gasteiger charge is -2.19. The molecule has 0 aliphatic rings. The number of benzene rings is 2. The summed E-state index contributed by atoms with van der Waals surface area (Å²) in [5.41, 5.74) is -0.734. The third kappa shape index (κ3) is 5.15. The number of ether oxygens (including phenoxy) is 3.